The van der Waals surface area contributed by atoms with Crippen LogP contribution >= 0.6 is 11.6 Å². The first-order valence-electron chi connectivity index (χ1n) is 7.23. The highest BCUT2D eigenvalue weighted by Gasteiger charge is 2.23. The van der Waals surface area contributed by atoms with E-state index in [0.29, 0.717) is 11.8 Å². The molecular formula is C18H20ClN. The normalized spacial score (nSPS) is 18.5. The minimum absolute atomic E-state index is 0.596. The fraction of sp³-hybridized carbons (Fsp3) is 0.333. The van der Waals surface area contributed by atoms with Crippen molar-refractivity contribution in [2.45, 2.75) is 25.1 Å². The standard InChI is InChI=1S/C18H20ClN/c1-14-11-18(8-7-16(14)12-19)20-10-9-17(13-20)15-5-3-2-4-6-15/h2-8,11,17H,9-10,12-13H2,1H3. The van der Waals surface area contributed by atoms with Crippen LogP contribution in [-0.2, 0) is 5.88 Å². The van der Waals surface area contributed by atoms with Crippen LogP contribution in [0.2, 0.25) is 0 Å². The van der Waals surface area contributed by atoms with E-state index in [1.165, 1.54) is 28.8 Å². The molecule has 20 heavy (non-hydrogen) atoms. The monoisotopic (exact) mass is 285 g/mol. The molecule has 2 aromatic rings. The first-order chi connectivity index (χ1) is 9.78. The van der Waals surface area contributed by atoms with Crippen molar-refractivity contribution in [3.63, 3.8) is 0 Å². The molecule has 1 fully saturated rings. The van der Waals surface area contributed by atoms with Gasteiger partial charge in [-0.05, 0) is 42.2 Å². The Kier molecular flexibility index (Phi) is 3.98. The Morgan fingerprint density at radius 2 is 1.95 bits per heavy atom. The second-order valence-corrected chi connectivity index (χ2v) is 5.85. The smallest absolute Gasteiger partial charge is 0.0476 e. The van der Waals surface area contributed by atoms with E-state index < -0.39 is 0 Å². The third-order valence-corrected chi connectivity index (χ3v) is 4.58. The zero-order valence-electron chi connectivity index (χ0n) is 11.8. The molecule has 104 valence electrons. The van der Waals surface area contributed by atoms with Crippen LogP contribution in [0.3, 0.4) is 0 Å². The molecule has 0 radical (unpaired) electrons. The van der Waals surface area contributed by atoms with Gasteiger partial charge in [-0.1, -0.05) is 36.4 Å². The van der Waals surface area contributed by atoms with Crippen molar-refractivity contribution in [2.24, 2.45) is 0 Å². The minimum atomic E-state index is 0.596. The lowest BCUT2D eigenvalue weighted by atomic mass is 9.99. The number of anilines is 1. The fourth-order valence-electron chi connectivity index (χ4n) is 3.02. The predicted molar refractivity (Wildman–Crippen MR) is 86.7 cm³/mol. The van der Waals surface area contributed by atoms with Gasteiger partial charge in [-0.15, -0.1) is 11.6 Å². The van der Waals surface area contributed by atoms with Crippen LogP contribution in [0.25, 0.3) is 0 Å². The molecule has 0 aromatic heterocycles. The number of nitrogens with zero attached hydrogens (tertiary/aromatic N) is 1. The van der Waals surface area contributed by atoms with Gasteiger partial charge in [-0.2, -0.15) is 0 Å². The zero-order valence-corrected chi connectivity index (χ0v) is 12.6. The fourth-order valence-corrected chi connectivity index (χ4v) is 3.32. The van der Waals surface area contributed by atoms with Crippen LogP contribution in [0.5, 0.6) is 0 Å². The Bertz CT molecular complexity index is 579. The molecule has 1 heterocycles. The van der Waals surface area contributed by atoms with E-state index in [9.17, 15) is 0 Å². The molecule has 0 saturated carbocycles. The van der Waals surface area contributed by atoms with Gasteiger partial charge in [0.15, 0.2) is 0 Å². The Labute approximate surface area is 126 Å². The first kappa shape index (κ1) is 13.5. The largest absolute Gasteiger partial charge is 0.371 e. The van der Waals surface area contributed by atoms with Crippen LogP contribution < -0.4 is 4.90 Å². The molecule has 0 N–H and O–H groups in total. The Morgan fingerprint density at radius 3 is 2.65 bits per heavy atom. The maximum Gasteiger partial charge on any atom is 0.0476 e. The summed E-state index contributed by atoms with van der Waals surface area (Å²) in [6, 6.07) is 17.5. The highest BCUT2D eigenvalue weighted by Crippen LogP contribution is 2.31. The zero-order chi connectivity index (χ0) is 13.9. The number of aryl methyl sites for hydroxylation is 1. The maximum absolute atomic E-state index is 5.93. The summed E-state index contributed by atoms with van der Waals surface area (Å²) in [6.45, 7) is 4.40. The van der Waals surface area contributed by atoms with Gasteiger partial charge in [0.1, 0.15) is 0 Å². The molecule has 0 amide bonds. The number of halogens is 1. The summed E-state index contributed by atoms with van der Waals surface area (Å²) in [6.07, 6.45) is 1.24. The molecule has 0 spiro atoms. The summed E-state index contributed by atoms with van der Waals surface area (Å²) in [5.41, 5.74) is 5.31. The summed E-state index contributed by atoms with van der Waals surface area (Å²) in [7, 11) is 0. The van der Waals surface area contributed by atoms with Crippen LogP contribution in [0.15, 0.2) is 48.5 Å². The van der Waals surface area contributed by atoms with E-state index in [2.05, 4.69) is 60.4 Å². The maximum atomic E-state index is 5.93. The van der Waals surface area contributed by atoms with Gasteiger partial charge < -0.3 is 4.90 Å². The Morgan fingerprint density at radius 1 is 1.15 bits per heavy atom. The molecule has 1 saturated heterocycles. The van der Waals surface area contributed by atoms with E-state index in [1.54, 1.807) is 0 Å². The van der Waals surface area contributed by atoms with E-state index in [4.69, 9.17) is 11.6 Å². The average molecular weight is 286 g/mol. The molecule has 1 atom stereocenters. The van der Waals surface area contributed by atoms with Crippen molar-refractivity contribution in [3.05, 3.63) is 65.2 Å². The van der Waals surface area contributed by atoms with E-state index >= 15 is 0 Å². The van der Waals surface area contributed by atoms with E-state index in [0.717, 1.165) is 13.1 Å². The molecule has 2 heteroatoms. The lowest BCUT2D eigenvalue weighted by Crippen LogP contribution is -2.19. The quantitative estimate of drug-likeness (QED) is 0.737. The van der Waals surface area contributed by atoms with Gasteiger partial charge in [-0.25, -0.2) is 0 Å². The number of benzene rings is 2. The van der Waals surface area contributed by atoms with Crippen molar-refractivity contribution in [1.82, 2.24) is 0 Å². The molecule has 0 aliphatic carbocycles. The van der Waals surface area contributed by atoms with Gasteiger partial charge in [0.05, 0.1) is 0 Å². The highest BCUT2D eigenvalue weighted by atomic mass is 35.5. The van der Waals surface area contributed by atoms with Gasteiger partial charge in [0, 0.05) is 30.6 Å². The molecule has 1 nitrogen and oxygen atoms in total. The van der Waals surface area contributed by atoms with Crippen LogP contribution in [0.1, 0.15) is 29.0 Å². The molecular weight excluding hydrogens is 266 g/mol. The van der Waals surface area contributed by atoms with Crippen molar-refractivity contribution in [1.29, 1.82) is 0 Å². The van der Waals surface area contributed by atoms with Gasteiger partial charge in [0.25, 0.3) is 0 Å². The number of hydrogen-bond acceptors (Lipinski definition) is 1. The van der Waals surface area contributed by atoms with Crippen molar-refractivity contribution >= 4 is 17.3 Å². The van der Waals surface area contributed by atoms with E-state index in [1.807, 2.05) is 0 Å². The minimum Gasteiger partial charge on any atom is -0.371 e. The van der Waals surface area contributed by atoms with Crippen LogP contribution in [0.4, 0.5) is 5.69 Å². The predicted octanol–water partition coefficient (Wildman–Crippen LogP) is 4.73. The molecule has 1 aliphatic rings. The third kappa shape index (κ3) is 2.69. The lowest BCUT2D eigenvalue weighted by Gasteiger charge is -2.20. The Balaban J connectivity index is 1.76. The topological polar surface area (TPSA) is 3.24 Å². The highest BCUT2D eigenvalue weighted by molar-refractivity contribution is 6.17. The van der Waals surface area contributed by atoms with Crippen LogP contribution in [-0.4, -0.2) is 13.1 Å². The van der Waals surface area contributed by atoms with Crippen LogP contribution in [0, 0.1) is 6.92 Å². The number of rotatable bonds is 3. The summed E-state index contributed by atoms with van der Waals surface area (Å²) in [5, 5.41) is 0. The van der Waals surface area contributed by atoms with Crippen molar-refractivity contribution in [3.8, 4) is 0 Å². The first-order valence-corrected chi connectivity index (χ1v) is 7.77. The second kappa shape index (κ2) is 5.88. The van der Waals surface area contributed by atoms with Gasteiger partial charge >= 0.3 is 0 Å². The number of alkyl halides is 1. The molecule has 1 aliphatic heterocycles. The molecule has 3 rings (SSSR count). The second-order valence-electron chi connectivity index (χ2n) is 5.59. The molecule has 1 unspecified atom stereocenters. The van der Waals surface area contributed by atoms with Gasteiger partial charge in [0.2, 0.25) is 0 Å². The number of hydrogen-bond donors (Lipinski definition) is 0. The third-order valence-electron chi connectivity index (χ3n) is 4.29. The summed E-state index contributed by atoms with van der Waals surface area (Å²) >= 11 is 5.93. The Hall–Kier alpha value is -1.47. The summed E-state index contributed by atoms with van der Waals surface area (Å²) < 4.78 is 0. The van der Waals surface area contributed by atoms with Gasteiger partial charge in [-0.3, -0.25) is 0 Å². The summed E-state index contributed by atoms with van der Waals surface area (Å²) in [4.78, 5) is 2.49. The van der Waals surface area contributed by atoms with E-state index in [-0.39, 0.29) is 0 Å². The SMILES string of the molecule is Cc1cc(N2CCC(c3ccccc3)C2)ccc1CCl. The van der Waals surface area contributed by atoms with Crippen molar-refractivity contribution in [2.75, 3.05) is 18.0 Å². The molecule has 0 bridgehead atoms. The molecule has 2 aromatic carbocycles. The lowest BCUT2D eigenvalue weighted by molar-refractivity contribution is 0.775. The summed E-state index contributed by atoms with van der Waals surface area (Å²) in [5.74, 6) is 1.25. The van der Waals surface area contributed by atoms with Crippen molar-refractivity contribution < 1.29 is 0 Å². The average Bonchev–Trinajstić information content (AvgIpc) is 2.98.